The van der Waals surface area contributed by atoms with E-state index in [1.165, 1.54) is 6.21 Å². The van der Waals surface area contributed by atoms with Crippen LogP contribution in [0, 0.1) is 11.3 Å². The molecule has 0 aliphatic heterocycles. The maximum Gasteiger partial charge on any atom is 0.311 e. The molecule has 7 heteroatoms. The van der Waals surface area contributed by atoms with Crippen LogP contribution in [-0.2, 0) is 0 Å². The molecule has 7 nitrogen and oxygen atoms in total. The molecule has 0 unspecified atom stereocenters. The van der Waals surface area contributed by atoms with Gasteiger partial charge in [0.15, 0.2) is 5.82 Å². The lowest BCUT2D eigenvalue weighted by atomic mass is 10.2. The lowest BCUT2D eigenvalue weighted by Gasteiger charge is -2.05. The molecule has 30 heavy (non-hydrogen) atoms. The van der Waals surface area contributed by atoms with Gasteiger partial charge >= 0.3 is 5.91 Å². The van der Waals surface area contributed by atoms with Crippen LogP contribution >= 0.6 is 0 Å². The first-order chi connectivity index (χ1) is 14.7. The van der Waals surface area contributed by atoms with Crippen LogP contribution in [-0.4, -0.2) is 26.9 Å². The zero-order valence-corrected chi connectivity index (χ0v) is 15.8. The van der Waals surface area contributed by atoms with Crippen molar-refractivity contribution in [3.63, 3.8) is 0 Å². The summed E-state index contributed by atoms with van der Waals surface area (Å²) in [7, 11) is 0. The molecule has 0 bridgehead atoms. The standard InChI is InChI=1S/C23H16N6O/c24-15-17-11-13-18(14-12-17)16-25-27-23(30)21-26-22(19-7-3-1-4-8-19)29(28-21)20-9-5-2-6-10-20/h1-14,16H,(H,27,30)/b25-16+. The van der Waals surface area contributed by atoms with Crippen molar-refractivity contribution in [2.75, 3.05) is 0 Å². The van der Waals surface area contributed by atoms with Crippen molar-refractivity contribution in [3.05, 3.63) is 102 Å². The quantitative estimate of drug-likeness (QED) is 0.415. The van der Waals surface area contributed by atoms with E-state index in [0.29, 0.717) is 11.4 Å². The Morgan fingerprint density at radius 2 is 1.63 bits per heavy atom. The molecule has 0 aliphatic carbocycles. The van der Waals surface area contributed by atoms with Crippen LogP contribution < -0.4 is 5.43 Å². The third kappa shape index (κ3) is 4.13. The summed E-state index contributed by atoms with van der Waals surface area (Å²) in [6.07, 6.45) is 1.49. The van der Waals surface area contributed by atoms with E-state index in [1.54, 1.807) is 28.9 Å². The Labute approximate surface area is 172 Å². The van der Waals surface area contributed by atoms with E-state index in [1.807, 2.05) is 60.7 Å². The smallest absolute Gasteiger partial charge is 0.264 e. The van der Waals surface area contributed by atoms with E-state index < -0.39 is 5.91 Å². The van der Waals surface area contributed by atoms with Crippen LogP contribution in [0.15, 0.2) is 90.0 Å². The Morgan fingerprint density at radius 3 is 2.30 bits per heavy atom. The lowest BCUT2D eigenvalue weighted by Crippen LogP contribution is -2.19. The summed E-state index contributed by atoms with van der Waals surface area (Å²) in [5.74, 6) is 0.0458. The maximum absolute atomic E-state index is 12.6. The molecule has 0 atom stereocenters. The first-order valence-electron chi connectivity index (χ1n) is 9.16. The third-order valence-corrected chi connectivity index (χ3v) is 4.26. The monoisotopic (exact) mass is 392 g/mol. The second-order valence-corrected chi connectivity index (χ2v) is 6.31. The number of hydrazone groups is 1. The fraction of sp³-hybridized carbons (Fsp3) is 0. The molecule has 0 fully saturated rings. The van der Waals surface area contributed by atoms with Gasteiger partial charge in [0.1, 0.15) is 0 Å². The van der Waals surface area contributed by atoms with Gasteiger partial charge in [-0.05, 0) is 29.8 Å². The summed E-state index contributed by atoms with van der Waals surface area (Å²) < 4.78 is 1.63. The Kier molecular flexibility index (Phi) is 5.40. The molecule has 1 N–H and O–H groups in total. The molecular formula is C23H16N6O. The first-order valence-corrected chi connectivity index (χ1v) is 9.16. The van der Waals surface area contributed by atoms with Gasteiger partial charge in [0.05, 0.1) is 23.5 Å². The molecular weight excluding hydrogens is 376 g/mol. The number of nitrogens with one attached hydrogen (secondary N) is 1. The number of hydrogen-bond donors (Lipinski definition) is 1. The van der Waals surface area contributed by atoms with E-state index in [2.05, 4.69) is 26.7 Å². The molecule has 1 heterocycles. The number of rotatable bonds is 5. The number of para-hydroxylation sites is 1. The number of carbonyl (C=O) groups is 1. The zero-order valence-electron chi connectivity index (χ0n) is 15.8. The highest BCUT2D eigenvalue weighted by Gasteiger charge is 2.18. The van der Waals surface area contributed by atoms with Gasteiger partial charge < -0.3 is 0 Å². The van der Waals surface area contributed by atoms with Gasteiger partial charge in [-0.25, -0.2) is 15.1 Å². The van der Waals surface area contributed by atoms with Crippen molar-refractivity contribution in [3.8, 4) is 23.1 Å². The predicted octanol–water partition coefficient (Wildman–Crippen LogP) is 3.57. The van der Waals surface area contributed by atoms with Crippen LogP contribution in [0.25, 0.3) is 17.1 Å². The number of benzene rings is 3. The van der Waals surface area contributed by atoms with E-state index >= 15 is 0 Å². The highest BCUT2D eigenvalue weighted by atomic mass is 16.2. The number of nitrogens with zero attached hydrogens (tertiary/aromatic N) is 5. The van der Waals surface area contributed by atoms with Gasteiger partial charge in [-0.1, -0.05) is 60.7 Å². The number of hydrogen-bond acceptors (Lipinski definition) is 5. The SMILES string of the molecule is N#Cc1ccc(/C=N/NC(=O)c2nc(-c3ccccc3)n(-c3ccccc3)n2)cc1. The molecule has 0 spiro atoms. The summed E-state index contributed by atoms with van der Waals surface area (Å²) in [4.78, 5) is 17.0. The van der Waals surface area contributed by atoms with Crippen LogP contribution in [0.2, 0.25) is 0 Å². The molecule has 0 saturated heterocycles. The van der Waals surface area contributed by atoms with Crippen molar-refractivity contribution >= 4 is 12.1 Å². The Bertz CT molecular complexity index is 1170. The largest absolute Gasteiger partial charge is 0.311 e. The van der Waals surface area contributed by atoms with Crippen molar-refractivity contribution < 1.29 is 4.79 Å². The molecule has 4 rings (SSSR count). The molecule has 144 valence electrons. The fourth-order valence-corrected chi connectivity index (χ4v) is 2.79. The van der Waals surface area contributed by atoms with Crippen molar-refractivity contribution in [1.82, 2.24) is 20.2 Å². The Hall–Kier alpha value is -4.57. The minimum Gasteiger partial charge on any atom is -0.264 e. The van der Waals surface area contributed by atoms with Gasteiger partial charge in [-0.2, -0.15) is 10.4 Å². The highest BCUT2D eigenvalue weighted by Crippen LogP contribution is 2.20. The first kappa shape index (κ1) is 18.8. The van der Waals surface area contributed by atoms with Crippen molar-refractivity contribution in [1.29, 1.82) is 5.26 Å². The Balaban J connectivity index is 1.59. The van der Waals surface area contributed by atoms with Crippen LogP contribution in [0.1, 0.15) is 21.7 Å². The minimum atomic E-state index is -0.522. The van der Waals surface area contributed by atoms with Crippen LogP contribution in [0.5, 0.6) is 0 Å². The van der Waals surface area contributed by atoms with Gasteiger partial charge in [0.25, 0.3) is 0 Å². The molecule has 1 aromatic heterocycles. The summed E-state index contributed by atoms with van der Waals surface area (Å²) in [6, 6.07) is 27.9. The van der Waals surface area contributed by atoms with Gasteiger partial charge in [0.2, 0.25) is 5.82 Å². The van der Waals surface area contributed by atoms with Gasteiger partial charge in [0, 0.05) is 5.56 Å². The molecule has 0 aliphatic rings. The Morgan fingerprint density at radius 1 is 0.967 bits per heavy atom. The van der Waals surface area contributed by atoms with Gasteiger partial charge in [-0.15, -0.1) is 5.10 Å². The lowest BCUT2D eigenvalue weighted by molar-refractivity contribution is 0.0945. The molecule has 1 amide bonds. The molecule has 3 aromatic carbocycles. The molecule has 0 radical (unpaired) electrons. The average molecular weight is 392 g/mol. The predicted molar refractivity (Wildman–Crippen MR) is 113 cm³/mol. The average Bonchev–Trinajstić information content (AvgIpc) is 3.26. The van der Waals surface area contributed by atoms with E-state index in [9.17, 15) is 4.79 Å². The van der Waals surface area contributed by atoms with Crippen LogP contribution in [0.3, 0.4) is 0 Å². The van der Waals surface area contributed by atoms with E-state index in [0.717, 1.165) is 16.8 Å². The summed E-state index contributed by atoms with van der Waals surface area (Å²) in [5.41, 5.74) is 5.39. The number of nitriles is 1. The minimum absolute atomic E-state index is 0.00897. The summed E-state index contributed by atoms with van der Waals surface area (Å²) in [5, 5.41) is 17.2. The number of aromatic nitrogens is 3. The maximum atomic E-state index is 12.6. The van der Waals surface area contributed by atoms with Crippen molar-refractivity contribution in [2.45, 2.75) is 0 Å². The summed E-state index contributed by atoms with van der Waals surface area (Å²) >= 11 is 0. The number of carbonyl (C=O) groups excluding carboxylic acids is 1. The van der Waals surface area contributed by atoms with E-state index in [4.69, 9.17) is 5.26 Å². The second kappa shape index (κ2) is 8.63. The molecule has 0 saturated carbocycles. The molecule has 4 aromatic rings. The van der Waals surface area contributed by atoms with Crippen molar-refractivity contribution in [2.24, 2.45) is 5.10 Å². The second-order valence-electron chi connectivity index (χ2n) is 6.31. The van der Waals surface area contributed by atoms with E-state index in [-0.39, 0.29) is 5.82 Å². The highest BCUT2D eigenvalue weighted by molar-refractivity contribution is 5.92. The normalized spacial score (nSPS) is 10.6. The number of amides is 1. The zero-order chi connectivity index (χ0) is 20.8. The fourth-order valence-electron chi connectivity index (χ4n) is 2.79. The third-order valence-electron chi connectivity index (χ3n) is 4.26. The topological polar surface area (TPSA) is 96.0 Å². The van der Waals surface area contributed by atoms with Gasteiger partial charge in [-0.3, -0.25) is 4.79 Å². The van der Waals surface area contributed by atoms with Crippen LogP contribution in [0.4, 0.5) is 0 Å². The summed E-state index contributed by atoms with van der Waals surface area (Å²) in [6.45, 7) is 0.